The van der Waals surface area contributed by atoms with Crippen LogP contribution in [-0.4, -0.2) is 10.8 Å². The number of rotatable bonds is 2. The van der Waals surface area contributed by atoms with Crippen LogP contribution in [0.2, 0.25) is 0 Å². The zero-order chi connectivity index (χ0) is 15.0. The van der Waals surface area contributed by atoms with Crippen molar-refractivity contribution in [1.29, 1.82) is 0 Å². The zero-order valence-corrected chi connectivity index (χ0v) is 11.9. The second kappa shape index (κ2) is 5.09. The molecule has 21 heavy (non-hydrogen) atoms. The van der Waals surface area contributed by atoms with Gasteiger partial charge in [0, 0.05) is 23.6 Å². The van der Waals surface area contributed by atoms with Crippen LogP contribution in [0, 0.1) is 12.7 Å². The van der Waals surface area contributed by atoms with Gasteiger partial charge in [-0.25, -0.2) is 9.37 Å². The molecule has 104 valence electrons. The molecule has 0 aliphatic rings. The highest BCUT2D eigenvalue weighted by Crippen LogP contribution is 2.33. The first-order chi connectivity index (χ1) is 10.1. The summed E-state index contributed by atoms with van der Waals surface area (Å²) >= 11 is 0. The van der Waals surface area contributed by atoms with Crippen molar-refractivity contribution in [2.75, 3.05) is 0 Å². The summed E-state index contributed by atoms with van der Waals surface area (Å²) in [5, 5.41) is 1.89. The van der Waals surface area contributed by atoms with Gasteiger partial charge >= 0.3 is 0 Å². The van der Waals surface area contributed by atoms with Crippen molar-refractivity contribution >= 4 is 16.6 Å². The molecule has 0 atom stereocenters. The molecule has 0 aliphatic heterocycles. The van der Waals surface area contributed by atoms with Crippen LogP contribution in [0.5, 0.6) is 0 Å². The standard InChI is InChI=1S/C18H14FNO/c1-11-15-8-3-4-9-16(15)17(18(20-11)12(2)21)13-6-5-7-14(19)10-13/h3-10H,1-2H3. The molecule has 0 saturated heterocycles. The predicted octanol–water partition coefficient (Wildman–Crippen LogP) is 4.55. The summed E-state index contributed by atoms with van der Waals surface area (Å²) in [6.45, 7) is 3.36. The van der Waals surface area contributed by atoms with Gasteiger partial charge in [0.1, 0.15) is 11.5 Å². The summed E-state index contributed by atoms with van der Waals surface area (Å²) in [5.74, 6) is -0.449. The van der Waals surface area contributed by atoms with Gasteiger partial charge in [-0.1, -0.05) is 36.4 Å². The Balaban J connectivity index is 2.46. The number of aromatic nitrogens is 1. The number of pyridine rings is 1. The van der Waals surface area contributed by atoms with Gasteiger partial charge in [0.25, 0.3) is 0 Å². The van der Waals surface area contributed by atoms with E-state index in [-0.39, 0.29) is 11.6 Å². The Morgan fingerprint density at radius 3 is 2.43 bits per heavy atom. The monoisotopic (exact) mass is 279 g/mol. The number of carbonyl (C=O) groups excluding carboxylic acids is 1. The Labute approximate surface area is 122 Å². The lowest BCUT2D eigenvalue weighted by atomic mass is 9.94. The van der Waals surface area contributed by atoms with Crippen molar-refractivity contribution in [2.45, 2.75) is 13.8 Å². The highest BCUT2D eigenvalue weighted by Gasteiger charge is 2.16. The number of fused-ring (bicyclic) bond motifs is 1. The van der Waals surface area contributed by atoms with E-state index in [1.54, 1.807) is 12.1 Å². The average Bonchev–Trinajstić information content (AvgIpc) is 2.47. The van der Waals surface area contributed by atoms with E-state index in [4.69, 9.17) is 0 Å². The maximum atomic E-state index is 13.6. The summed E-state index contributed by atoms with van der Waals surface area (Å²) in [4.78, 5) is 16.4. The van der Waals surface area contributed by atoms with E-state index in [1.165, 1.54) is 19.1 Å². The first-order valence-electron chi connectivity index (χ1n) is 6.74. The number of Topliss-reactive ketones (excluding diaryl/α,β-unsaturated/α-hetero) is 1. The molecule has 0 unspecified atom stereocenters. The second-order valence-corrected chi connectivity index (χ2v) is 5.03. The third kappa shape index (κ3) is 2.31. The minimum atomic E-state index is -0.327. The highest BCUT2D eigenvalue weighted by atomic mass is 19.1. The molecule has 0 bridgehead atoms. The van der Waals surface area contributed by atoms with Gasteiger partial charge in [-0.3, -0.25) is 4.79 Å². The Morgan fingerprint density at radius 1 is 1.05 bits per heavy atom. The molecule has 2 aromatic carbocycles. The van der Waals surface area contributed by atoms with Crippen LogP contribution in [0.1, 0.15) is 23.1 Å². The smallest absolute Gasteiger partial charge is 0.178 e. The van der Waals surface area contributed by atoms with Crippen LogP contribution < -0.4 is 0 Å². The molecule has 3 rings (SSSR count). The van der Waals surface area contributed by atoms with E-state index in [0.717, 1.165) is 16.5 Å². The molecular formula is C18H14FNO. The first kappa shape index (κ1) is 13.4. The summed E-state index contributed by atoms with van der Waals surface area (Å²) in [5.41, 5.74) is 2.56. The molecule has 1 aromatic heterocycles. The SMILES string of the molecule is CC(=O)c1nc(C)c2ccccc2c1-c1cccc(F)c1. The molecule has 0 spiro atoms. The van der Waals surface area contributed by atoms with Crippen molar-refractivity contribution in [2.24, 2.45) is 0 Å². The summed E-state index contributed by atoms with van der Waals surface area (Å²) in [6.07, 6.45) is 0. The van der Waals surface area contributed by atoms with Crippen LogP contribution in [0.4, 0.5) is 4.39 Å². The Kier molecular flexibility index (Phi) is 3.26. The third-order valence-electron chi connectivity index (χ3n) is 3.55. The number of ketones is 1. The maximum Gasteiger partial charge on any atom is 0.178 e. The van der Waals surface area contributed by atoms with Gasteiger partial charge in [-0.05, 0) is 30.0 Å². The lowest BCUT2D eigenvalue weighted by Gasteiger charge is -2.13. The largest absolute Gasteiger partial charge is 0.293 e. The topological polar surface area (TPSA) is 30.0 Å². The van der Waals surface area contributed by atoms with Crippen LogP contribution in [-0.2, 0) is 0 Å². The van der Waals surface area contributed by atoms with Crippen molar-refractivity contribution in [3.05, 3.63) is 65.7 Å². The van der Waals surface area contributed by atoms with E-state index in [1.807, 2.05) is 31.2 Å². The molecule has 2 nitrogen and oxygen atoms in total. The minimum Gasteiger partial charge on any atom is -0.293 e. The number of halogens is 1. The fraction of sp³-hybridized carbons (Fsp3) is 0.111. The lowest BCUT2D eigenvalue weighted by Crippen LogP contribution is -2.03. The number of nitrogens with zero attached hydrogens (tertiary/aromatic N) is 1. The van der Waals surface area contributed by atoms with E-state index >= 15 is 0 Å². The van der Waals surface area contributed by atoms with Crippen LogP contribution >= 0.6 is 0 Å². The number of benzene rings is 2. The van der Waals surface area contributed by atoms with Crippen molar-refractivity contribution in [3.63, 3.8) is 0 Å². The van der Waals surface area contributed by atoms with Gasteiger partial charge in [0.2, 0.25) is 0 Å². The molecule has 0 aliphatic carbocycles. The Hall–Kier alpha value is -2.55. The summed E-state index contributed by atoms with van der Waals surface area (Å²) in [6, 6.07) is 14.0. The minimum absolute atomic E-state index is 0.122. The Bertz CT molecular complexity index is 855. The number of carbonyl (C=O) groups is 1. The first-order valence-corrected chi connectivity index (χ1v) is 6.74. The fourth-order valence-electron chi connectivity index (χ4n) is 2.62. The zero-order valence-electron chi connectivity index (χ0n) is 11.9. The normalized spacial score (nSPS) is 10.8. The van der Waals surface area contributed by atoms with E-state index < -0.39 is 0 Å². The highest BCUT2D eigenvalue weighted by molar-refractivity contribution is 6.08. The molecule has 1 heterocycles. The lowest BCUT2D eigenvalue weighted by molar-refractivity contribution is 0.101. The van der Waals surface area contributed by atoms with Crippen molar-refractivity contribution < 1.29 is 9.18 Å². The molecule has 0 saturated carbocycles. The summed E-state index contributed by atoms with van der Waals surface area (Å²) in [7, 11) is 0. The molecule has 3 aromatic rings. The number of hydrogen-bond acceptors (Lipinski definition) is 2. The van der Waals surface area contributed by atoms with E-state index in [0.29, 0.717) is 16.8 Å². The Morgan fingerprint density at radius 2 is 1.76 bits per heavy atom. The van der Waals surface area contributed by atoms with E-state index in [2.05, 4.69) is 4.98 Å². The molecular weight excluding hydrogens is 265 g/mol. The second-order valence-electron chi connectivity index (χ2n) is 5.03. The number of aryl methyl sites for hydroxylation is 1. The maximum absolute atomic E-state index is 13.6. The van der Waals surface area contributed by atoms with Crippen LogP contribution in [0.3, 0.4) is 0 Å². The molecule has 0 radical (unpaired) electrons. The van der Waals surface area contributed by atoms with Gasteiger partial charge in [-0.2, -0.15) is 0 Å². The van der Waals surface area contributed by atoms with Crippen molar-refractivity contribution in [3.8, 4) is 11.1 Å². The van der Waals surface area contributed by atoms with E-state index in [9.17, 15) is 9.18 Å². The predicted molar refractivity (Wildman–Crippen MR) is 81.9 cm³/mol. The van der Waals surface area contributed by atoms with Gasteiger partial charge < -0.3 is 0 Å². The van der Waals surface area contributed by atoms with Gasteiger partial charge in [0.15, 0.2) is 5.78 Å². The molecule has 0 amide bonds. The molecule has 3 heteroatoms. The average molecular weight is 279 g/mol. The third-order valence-corrected chi connectivity index (χ3v) is 3.55. The fourth-order valence-corrected chi connectivity index (χ4v) is 2.62. The molecule has 0 fully saturated rings. The number of hydrogen-bond donors (Lipinski definition) is 0. The quantitative estimate of drug-likeness (QED) is 0.644. The van der Waals surface area contributed by atoms with Gasteiger partial charge in [-0.15, -0.1) is 0 Å². The van der Waals surface area contributed by atoms with Gasteiger partial charge in [0.05, 0.1) is 0 Å². The van der Waals surface area contributed by atoms with Crippen molar-refractivity contribution in [1.82, 2.24) is 4.98 Å². The van der Waals surface area contributed by atoms with Crippen LogP contribution in [0.25, 0.3) is 21.9 Å². The summed E-state index contributed by atoms with van der Waals surface area (Å²) < 4.78 is 13.6. The van der Waals surface area contributed by atoms with Crippen LogP contribution in [0.15, 0.2) is 48.5 Å². The molecule has 0 N–H and O–H groups in total.